The molecule has 0 unspecified atom stereocenters. The van der Waals surface area contributed by atoms with E-state index in [1.54, 1.807) is 0 Å². The Morgan fingerprint density at radius 3 is 2.10 bits per heavy atom. The fourth-order valence-electron chi connectivity index (χ4n) is 2.26. The highest BCUT2D eigenvalue weighted by Crippen LogP contribution is 2.36. The molecule has 0 spiro atoms. The highest BCUT2D eigenvalue weighted by atomic mass is 32.2. The van der Waals surface area contributed by atoms with Crippen LogP contribution in [0.4, 0.5) is 0 Å². The van der Waals surface area contributed by atoms with Gasteiger partial charge in [-0.05, 0) is 51.2 Å². The lowest BCUT2D eigenvalue weighted by molar-refractivity contribution is 0.00578. The second kappa shape index (κ2) is 5.11. The molecule has 1 aromatic carbocycles. The summed E-state index contributed by atoms with van der Waals surface area (Å²) >= 11 is 0. The van der Waals surface area contributed by atoms with Crippen molar-refractivity contribution in [2.45, 2.75) is 51.6 Å². The minimum absolute atomic E-state index is 0.0339. The Morgan fingerprint density at radius 1 is 1.10 bits per heavy atom. The molecule has 116 valence electrons. The molecular weight excluding hydrogens is 287 g/mol. The van der Waals surface area contributed by atoms with Crippen LogP contribution < -0.4 is 5.46 Å². The van der Waals surface area contributed by atoms with E-state index in [1.807, 2.05) is 52.8 Å². The molecule has 4 nitrogen and oxygen atoms in total. The van der Waals surface area contributed by atoms with Crippen LogP contribution >= 0.6 is 0 Å². The molecule has 6 heteroatoms. The van der Waals surface area contributed by atoms with Crippen molar-refractivity contribution in [1.29, 1.82) is 0 Å². The van der Waals surface area contributed by atoms with Crippen LogP contribution in [0.1, 0.15) is 38.8 Å². The van der Waals surface area contributed by atoms with Crippen molar-refractivity contribution in [2.75, 3.05) is 6.26 Å². The molecule has 0 saturated carbocycles. The average molecular weight is 310 g/mol. The molecule has 0 aromatic heterocycles. The van der Waals surface area contributed by atoms with Crippen LogP contribution in [-0.4, -0.2) is 33.0 Å². The zero-order valence-electron chi connectivity index (χ0n) is 13.6. The summed E-state index contributed by atoms with van der Waals surface area (Å²) in [4.78, 5) is 0. The van der Waals surface area contributed by atoms with E-state index in [4.69, 9.17) is 9.31 Å². The topological polar surface area (TPSA) is 52.6 Å². The second-order valence-corrected chi connectivity index (χ2v) is 8.98. The molecule has 1 aromatic rings. The van der Waals surface area contributed by atoms with Crippen LogP contribution in [-0.2, 0) is 24.9 Å². The van der Waals surface area contributed by atoms with Crippen molar-refractivity contribution in [1.82, 2.24) is 0 Å². The molecule has 0 aliphatic carbocycles. The van der Waals surface area contributed by atoms with Crippen molar-refractivity contribution >= 4 is 22.4 Å². The highest BCUT2D eigenvalue weighted by Gasteiger charge is 2.51. The first kappa shape index (κ1) is 16.5. The third kappa shape index (κ3) is 3.50. The zero-order valence-corrected chi connectivity index (χ0v) is 14.4. The van der Waals surface area contributed by atoms with Gasteiger partial charge in [-0.2, -0.15) is 0 Å². The maximum atomic E-state index is 11.5. The van der Waals surface area contributed by atoms with Crippen molar-refractivity contribution in [3.05, 3.63) is 29.3 Å². The molecule has 0 atom stereocenters. The van der Waals surface area contributed by atoms with Gasteiger partial charge < -0.3 is 9.31 Å². The third-order valence-corrected chi connectivity index (χ3v) is 5.15. The van der Waals surface area contributed by atoms with Gasteiger partial charge in [-0.1, -0.05) is 18.2 Å². The van der Waals surface area contributed by atoms with E-state index in [1.165, 1.54) is 6.26 Å². The molecular formula is C15H23BO4S. The van der Waals surface area contributed by atoms with E-state index in [-0.39, 0.29) is 5.75 Å². The van der Waals surface area contributed by atoms with E-state index in [2.05, 4.69) is 0 Å². The monoisotopic (exact) mass is 310 g/mol. The average Bonchev–Trinajstić information content (AvgIpc) is 2.49. The highest BCUT2D eigenvalue weighted by molar-refractivity contribution is 7.89. The predicted molar refractivity (Wildman–Crippen MR) is 85.4 cm³/mol. The minimum atomic E-state index is -3.07. The maximum Gasteiger partial charge on any atom is 0.494 e. The molecule has 1 heterocycles. The van der Waals surface area contributed by atoms with E-state index in [0.29, 0.717) is 0 Å². The number of sulfone groups is 1. The Kier molecular flexibility index (Phi) is 4.02. The third-order valence-electron chi connectivity index (χ3n) is 4.32. The predicted octanol–water partition coefficient (Wildman–Crippen LogP) is 1.84. The Morgan fingerprint density at radius 2 is 1.62 bits per heavy atom. The molecule has 2 rings (SSSR count). The summed E-state index contributed by atoms with van der Waals surface area (Å²) in [6.07, 6.45) is 1.24. The van der Waals surface area contributed by atoms with Gasteiger partial charge in [-0.25, -0.2) is 8.42 Å². The summed E-state index contributed by atoms with van der Waals surface area (Å²) in [7, 11) is -3.53. The Balaban J connectivity index is 2.33. The van der Waals surface area contributed by atoms with E-state index < -0.39 is 28.2 Å². The van der Waals surface area contributed by atoms with Crippen LogP contribution in [0.15, 0.2) is 18.2 Å². The molecule has 21 heavy (non-hydrogen) atoms. The molecule has 1 aliphatic rings. The first-order valence-electron chi connectivity index (χ1n) is 7.04. The SMILES string of the molecule is Cc1ccc(B2OC(C)(C)C(C)(C)O2)cc1CS(C)(=O)=O. The minimum Gasteiger partial charge on any atom is -0.399 e. The Hall–Kier alpha value is -0.845. The van der Waals surface area contributed by atoms with Crippen molar-refractivity contribution < 1.29 is 17.7 Å². The standard InChI is InChI=1S/C15H23BO4S/c1-11-7-8-13(9-12(11)10-21(6,17)18)16-19-14(2,3)15(4,5)20-16/h7-9H,10H2,1-6H3. The number of rotatable bonds is 3. The summed E-state index contributed by atoms with van der Waals surface area (Å²) in [6.45, 7) is 9.91. The van der Waals surface area contributed by atoms with Crippen LogP contribution in [0.25, 0.3) is 0 Å². The number of benzene rings is 1. The van der Waals surface area contributed by atoms with Gasteiger partial charge >= 0.3 is 7.12 Å². The van der Waals surface area contributed by atoms with Gasteiger partial charge in [0.15, 0.2) is 9.84 Å². The molecule has 0 N–H and O–H groups in total. The van der Waals surface area contributed by atoms with Gasteiger partial charge in [0.05, 0.1) is 17.0 Å². The van der Waals surface area contributed by atoms with Gasteiger partial charge in [0.1, 0.15) is 0 Å². The quantitative estimate of drug-likeness (QED) is 0.800. The maximum absolute atomic E-state index is 11.5. The lowest BCUT2D eigenvalue weighted by atomic mass is 9.78. The van der Waals surface area contributed by atoms with Crippen LogP contribution in [0.2, 0.25) is 0 Å². The summed E-state index contributed by atoms with van der Waals surface area (Å²) in [6, 6.07) is 5.72. The van der Waals surface area contributed by atoms with Crippen molar-refractivity contribution in [3.8, 4) is 0 Å². The first-order valence-corrected chi connectivity index (χ1v) is 9.10. The van der Waals surface area contributed by atoms with E-state index >= 15 is 0 Å². The Bertz CT molecular complexity index is 634. The molecule has 1 aliphatic heterocycles. The number of aryl methyl sites for hydroxylation is 1. The van der Waals surface area contributed by atoms with Crippen LogP contribution in [0.3, 0.4) is 0 Å². The fraction of sp³-hybridized carbons (Fsp3) is 0.600. The number of hydrogen-bond acceptors (Lipinski definition) is 4. The lowest BCUT2D eigenvalue weighted by Gasteiger charge is -2.32. The normalized spacial score (nSPS) is 20.8. The smallest absolute Gasteiger partial charge is 0.399 e. The van der Waals surface area contributed by atoms with Gasteiger partial charge in [0.2, 0.25) is 0 Å². The first-order chi connectivity index (χ1) is 9.41. The molecule has 0 bridgehead atoms. The molecule has 1 saturated heterocycles. The largest absolute Gasteiger partial charge is 0.494 e. The van der Waals surface area contributed by atoms with Crippen LogP contribution in [0, 0.1) is 6.92 Å². The van der Waals surface area contributed by atoms with Gasteiger partial charge in [-0.15, -0.1) is 0 Å². The fourth-order valence-corrected chi connectivity index (χ4v) is 3.13. The van der Waals surface area contributed by atoms with Gasteiger partial charge in [0.25, 0.3) is 0 Å². The molecule has 1 fully saturated rings. The Labute approximate surface area is 127 Å². The van der Waals surface area contributed by atoms with Crippen molar-refractivity contribution in [2.24, 2.45) is 0 Å². The molecule has 0 amide bonds. The number of hydrogen-bond donors (Lipinski definition) is 0. The summed E-state index contributed by atoms with van der Waals surface area (Å²) in [5, 5.41) is 0. The summed E-state index contributed by atoms with van der Waals surface area (Å²) in [5.74, 6) is 0.0339. The van der Waals surface area contributed by atoms with Crippen molar-refractivity contribution in [3.63, 3.8) is 0 Å². The van der Waals surface area contributed by atoms with E-state index in [9.17, 15) is 8.42 Å². The van der Waals surface area contributed by atoms with Crippen LogP contribution in [0.5, 0.6) is 0 Å². The van der Waals surface area contributed by atoms with E-state index in [0.717, 1.165) is 16.6 Å². The lowest BCUT2D eigenvalue weighted by Crippen LogP contribution is -2.41. The zero-order chi connectivity index (χ0) is 16.1. The van der Waals surface area contributed by atoms with Gasteiger partial charge in [-0.3, -0.25) is 0 Å². The van der Waals surface area contributed by atoms with Gasteiger partial charge in [0, 0.05) is 6.26 Å². The summed E-state index contributed by atoms with van der Waals surface area (Å²) < 4.78 is 35.1. The molecule has 0 radical (unpaired) electrons. The summed E-state index contributed by atoms with van der Waals surface area (Å²) in [5.41, 5.74) is 1.81. The second-order valence-electron chi connectivity index (χ2n) is 6.84.